The zero-order chi connectivity index (χ0) is 14.7. The van der Waals surface area contributed by atoms with Crippen molar-refractivity contribution in [1.82, 2.24) is 10.2 Å². The van der Waals surface area contributed by atoms with E-state index in [1.54, 1.807) is 0 Å². The van der Waals surface area contributed by atoms with Crippen LogP contribution in [0.2, 0.25) is 0 Å². The topological polar surface area (TPSA) is 66.3 Å². The molecule has 1 aliphatic heterocycles. The molecule has 0 fully saturated rings. The van der Waals surface area contributed by atoms with Crippen LogP contribution in [0.4, 0.5) is 5.82 Å². The number of anilines is 1. The van der Waals surface area contributed by atoms with E-state index in [4.69, 9.17) is 5.11 Å². The third-order valence-electron chi connectivity index (χ3n) is 3.76. The first-order valence-corrected chi connectivity index (χ1v) is 7.08. The number of hydrogen-bond acceptors (Lipinski definition) is 4. The lowest BCUT2D eigenvalue weighted by atomic mass is 10.00. The second-order valence-corrected chi connectivity index (χ2v) is 5.22. The van der Waals surface area contributed by atoms with E-state index in [2.05, 4.69) is 39.4 Å². The van der Waals surface area contributed by atoms with Crippen molar-refractivity contribution in [3.8, 4) is 0 Å². The number of aryl methyl sites for hydroxylation is 1. The molecule has 3 rings (SSSR count). The maximum atomic E-state index is 10.5. The van der Waals surface area contributed by atoms with Gasteiger partial charge in [-0.2, -0.15) is 5.10 Å². The Morgan fingerprint density at radius 2 is 1.95 bits per heavy atom. The van der Waals surface area contributed by atoms with Gasteiger partial charge >= 0.3 is 5.97 Å². The molecule has 1 aromatic heterocycles. The fourth-order valence-electron chi connectivity index (χ4n) is 2.58. The number of nitrogens with zero attached hydrogens (tertiary/aromatic N) is 3. The summed E-state index contributed by atoms with van der Waals surface area (Å²) in [6, 6.07) is 12.3. The van der Waals surface area contributed by atoms with Crippen LogP contribution in [0.1, 0.15) is 23.2 Å². The van der Waals surface area contributed by atoms with Crippen molar-refractivity contribution in [2.75, 3.05) is 11.4 Å². The molecule has 2 aromatic rings. The highest BCUT2D eigenvalue weighted by molar-refractivity contribution is 5.66. The highest BCUT2D eigenvalue weighted by Crippen LogP contribution is 2.22. The van der Waals surface area contributed by atoms with Gasteiger partial charge in [0, 0.05) is 19.5 Å². The van der Waals surface area contributed by atoms with E-state index in [0.29, 0.717) is 6.42 Å². The van der Waals surface area contributed by atoms with E-state index in [-0.39, 0.29) is 6.42 Å². The molecule has 0 atom stereocenters. The third-order valence-corrected chi connectivity index (χ3v) is 3.76. The molecular formula is C16H17N3O2. The number of aromatic nitrogens is 2. The molecule has 5 nitrogen and oxygen atoms in total. The largest absolute Gasteiger partial charge is 0.481 e. The van der Waals surface area contributed by atoms with E-state index in [9.17, 15) is 4.79 Å². The molecule has 0 saturated heterocycles. The maximum Gasteiger partial charge on any atom is 0.303 e. The summed E-state index contributed by atoms with van der Waals surface area (Å²) in [5.41, 5.74) is 3.46. The summed E-state index contributed by atoms with van der Waals surface area (Å²) in [7, 11) is 0. The Hall–Kier alpha value is -2.43. The number of hydrogen-bond donors (Lipinski definition) is 1. The molecular weight excluding hydrogens is 266 g/mol. The van der Waals surface area contributed by atoms with Crippen LogP contribution in [-0.4, -0.2) is 27.8 Å². The SMILES string of the molecule is O=C(O)CCc1ccc(N2CCc3ccccc3C2)nn1. The minimum absolute atomic E-state index is 0.0884. The molecule has 0 spiro atoms. The van der Waals surface area contributed by atoms with Crippen molar-refractivity contribution >= 4 is 11.8 Å². The zero-order valence-electron chi connectivity index (χ0n) is 11.7. The Labute approximate surface area is 123 Å². The molecule has 0 radical (unpaired) electrons. The van der Waals surface area contributed by atoms with E-state index in [1.165, 1.54) is 11.1 Å². The summed E-state index contributed by atoms with van der Waals surface area (Å²) in [4.78, 5) is 12.8. The number of carbonyl (C=O) groups is 1. The van der Waals surface area contributed by atoms with E-state index in [0.717, 1.165) is 31.0 Å². The Morgan fingerprint density at radius 3 is 2.67 bits per heavy atom. The second kappa shape index (κ2) is 5.91. The van der Waals surface area contributed by atoms with Gasteiger partial charge in [-0.1, -0.05) is 24.3 Å². The summed E-state index contributed by atoms with van der Waals surface area (Å²) in [5, 5.41) is 17.0. The van der Waals surface area contributed by atoms with Crippen molar-refractivity contribution in [2.45, 2.75) is 25.8 Å². The molecule has 0 bridgehead atoms. The number of aliphatic carboxylic acids is 1. The van der Waals surface area contributed by atoms with Gasteiger partial charge in [0.15, 0.2) is 5.82 Å². The van der Waals surface area contributed by atoms with Gasteiger partial charge in [0.05, 0.1) is 12.1 Å². The Balaban J connectivity index is 1.69. The highest BCUT2D eigenvalue weighted by atomic mass is 16.4. The van der Waals surface area contributed by atoms with Gasteiger partial charge in [-0.15, -0.1) is 5.10 Å². The smallest absolute Gasteiger partial charge is 0.303 e. The number of fused-ring (bicyclic) bond motifs is 1. The third kappa shape index (κ3) is 3.18. The maximum absolute atomic E-state index is 10.5. The van der Waals surface area contributed by atoms with Gasteiger partial charge in [0.1, 0.15) is 0 Å². The molecule has 0 unspecified atom stereocenters. The van der Waals surface area contributed by atoms with Crippen molar-refractivity contribution in [3.05, 3.63) is 53.2 Å². The molecule has 1 aromatic carbocycles. The first kappa shape index (κ1) is 13.5. The average Bonchev–Trinajstić information content (AvgIpc) is 2.53. The van der Waals surface area contributed by atoms with Crippen LogP contribution in [0.25, 0.3) is 0 Å². The molecule has 1 aliphatic rings. The van der Waals surface area contributed by atoms with Crippen LogP contribution in [0.15, 0.2) is 36.4 Å². The van der Waals surface area contributed by atoms with Crippen molar-refractivity contribution in [3.63, 3.8) is 0 Å². The zero-order valence-corrected chi connectivity index (χ0v) is 11.7. The van der Waals surface area contributed by atoms with Crippen LogP contribution < -0.4 is 4.90 Å². The average molecular weight is 283 g/mol. The molecule has 108 valence electrons. The fraction of sp³-hybridized carbons (Fsp3) is 0.312. The summed E-state index contributed by atoms with van der Waals surface area (Å²) < 4.78 is 0. The normalized spacial score (nSPS) is 13.8. The van der Waals surface area contributed by atoms with Gasteiger partial charge in [-0.3, -0.25) is 4.79 Å². The molecule has 0 aliphatic carbocycles. The minimum Gasteiger partial charge on any atom is -0.481 e. The predicted octanol–water partition coefficient (Wildman–Crippen LogP) is 2.06. The number of carboxylic acid groups (broad SMARTS) is 1. The van der Waals surface area contributed by atoms with Gasteiger partial charge in [-0.25, -0.2) is 0 Å². The quantitative estimate of drug-likeness (QED) is 0.930. The lowest BCUT2D eigenvalue weighted by Crippen LogP contribution is -2.31. The number of rotatable bonds is 4. The van der Waals surface area contributed by atoms with Crippen LogP contribution >= 0.6 is 0 Å². The monoisotopic (exact) mass is 283 g/mol. The summed E-state index contributed by atoms with van der Waals surface area (Å²) in [5.74, 6) is 0.0390. The Kier molecular flexibility index (Phi) is 3.81. The lowest BCUT2D eigenvalue weighted by Gasteiger charge is -2.29. The minimum atomic E-state index is -0.812. The van der Waals surface area contributed by atoms with Gasteiger partial charge in [-0.05, 0) is 29.7 Å². The summed E-state index contributed by atoms with van der Waals surface area (Å²) >= 11 is 0. The summed E-state index contributed by atoms with van der Waals surface area (Å²) in [6.07, 6.45) is 1.52. The Bertz CT molecular complexity index is 640. The van der Waals surface area contributed by atoms with Gasteiger partial charge < -0.3 is 10.0 Å². The first-order valence-electron chi connectivity index (χ1n) is 7.08. The molecule has 2 heterocycles. The standard InChI is InChI=1S/C16H17N3O2/c20-16(21)8-6-14-5-7-15(18-17-14)19-10-9-12-3-1-2-4-13(12)11-19/h1-5,7H,6,8-11H2,(H,20,21). The van der Waals surface area contributed by atoms with E-state index < -0.39 is 5.97 Å². The van der Waals surface area contributed by atoms with Crippen LogP contribution in [0.5, 0.6) is 0 Å². The van der Waals surface area contributed by atoms with Crippen LogP contribution in [0.3, 0.4) is 0 Å². The van der Waals surface area contributed by atoms with Crippen LogP contribution in [0, 0.1) is 0 Å². The van der Waals surface area contributed by atoms with Gasteiger partial charge in [0.25, 0.3) is 0 Å². The predicted molar refractivity (Wildman–Crippen MR) is 79.2 cm³/mol. The van der Waals surface area contributed by atoms with Gasteiger partial charge in [0.2, 0.25) is 0 Å². The molecule has 0 amide bonds. The number of carboxylic acids is 1. The highest BCUT2D eigenvalue weighted by Gasteiger charge is 2.17. The molecule has 1 N–H and O–H groups in total. The van der Waals surface area contributed by atoms with E-state index in [1.807, 2.05) is 12.1 Å². The van der Waals surface area contributed by atoms with E-state index >= 15 is 0 Å². The summed E-state index contributed by atoms with van der Waals surface area (Å²) in [6.45, 7) is 1.78. The molecule has 21 heavy (non-hydrogen) atoms. The lowest BCUT2D eigenvalue weighted by molar-refractivity contribution is -0.136. The van der Waals surface area contributed by atoms with Crippen molar-refractivity contribution in [2.24, 2.45) is 0 Å². The second-order valence-electron chi connectivity index (χ2n) is 5.22. The van der Waals surface area contributed by atoms with Crippen molar-refractivity contribution in [1.29, 1.82) is 0 Å². The molecule has 0 saturated carbocycles. The van der Waals surface area contributed by atoms with Crippen molar-refractivity contribution < 1.29 is 9.90 Å². The fourth-order valence-corrected chi connectivity index (χ4v) is 2.58. The first-order chi connectivity index (χ1) is 10.2. The van der Waals surface area contributed by atoms with Crippen LogP contribution in [-0.2, 0) is 24.2 Å². The molecule has 5 heteroatoms. The number of benzene rings is 1. The Morgan fingerprint density at radius 1 is 1.14 bits per heavy atom.